The molecule has 4 rings (SSSR count). The zero-order valence-electron chi connectivity index (χ0n) is 17.5. The Bertz CT molecular complexity index is 1270. The highest BCUT2D eigenvalue weighted by Gasteiger charge is 2.15. The molecule has 31 heavy (non-hydrogen) atoms. The molecule has 1 N–H and O–H groups in total. The molecule has 0 saturated heterocycles. The molecule has 0 radical (unpaired) electrons. The summed E-state index contributed by atoms with van der Waals surface area (Å²) < 4.78 is 2.10. The summed E-state index contributed by atoms with van der Waals surface area (Å²) in [6, 6.07) is 14.8. The number of rotatable bonds is 6. The van der Waals surface area contributed by atoms with Crippen LogP contribution in [-0.2, 0) is 11.3 Å². The molecule has 9 heteroatoms. The molecule has 2 heterocycles. The Morgan fingerprint density at radius 2 is 1.81 bits per heavy atom. The van der Waals surface area contributed by atoms with E-state index in [1.54, 1.807) is 38.4 Å². The van der Waals surface area contributed by atoms with Crippen LogP contribution in [-0.4, -0.2) is 56.3 Å². The maximum absolute atomic E-state index is 12.4. The van der Waals surface area contributed by atoms with Gasteiger partial charge >= 0.3 is 0 Å². The van der Waals surface area contributed by atoms with Crippen molar-refractivity contribution in [3.8, 4) is 0 Å². The Hall–Kier alpha value is -3.46. The standard InChI is InChI=1S/C22H22N6O2S/c1-4-28-17-8-6-5-7-16(17)19-20(28)24-22(26-25-19)31-13-18(29)23-15-11-9-14(10-12-15)21(30)27(2)3/h5-12H,4,13H2,1-3H3,(H,23,29). The van der Waals surface area contributed by atoms with Crippen molar-refractivity contribution in [2.24, 2.45) is 0 Å². The highest BCUT2D eigenvalue weighted by molar-refractivity contribution is 7.99. The van der Waals surface area contributed by atoms with Crippen LogP contribution in [0.25, 0.3) is 22.1 Å². The number of para-hydroxylation sites is 1. The summed E-state index contributed by atoms with van der Waals surface area (Å²) in [5.74, 6) is -0.118. The van der Waals surface area contributed by atoms with Gasteiger partial charge in [0.25, 0.3) is 5.91 Å². The number of amides is 2. The van der Waals surface area contributed by atoms with E-state index in [0.717, 1.165) is 28.6 Å². The third kappa shape index (κ3) is 4.22. The number of aromatic nitrogens is 4. The second kappa shape index (κ2) is 8.73. The largest absolute Gasteiger partial charge is 0.345 e. The van der Waals surface area contributed by atoms with Crippen LogP contribution in [0.2, 0.25) is 0 Å². The smallest absolute Gasteiger partial charge is 0.253 e. The van der Waals surface area contributed by atoms with Crippen LogP contribution in [0.1, 0.15) is 17.3 Å². The molecule has 2 amide bonds. The summed E-state index contributed by atoms with van der Waals surface area (Å²) in [6.45, 7) is 2.82. The Morgan fingerprint density at radius 1 is 1.06 bits per heavy atom. The van der Waals surface area contributed by atoms with E-state index in [1.165, 1.54) is 16.7 Å². The SMILES string of the molecule is CCn1c2ccccc2c2nnc(SCC(=O)Nc3ccc(C(=O)N(C)C)cc3)nc21. The van der Waals surface area contributed by atoms with Gasteiger partial charge in [-0.2, -0.15) is 0 Å². The minimum atomic E-state index is -0.184. The van der Waals surface area contributed by atoms with Crippen LogP contribution in [0.3, 0.4) is 0 Å². The van der Waals surface area contributed by atoms with Crippen molar-refractivity contribution in [2.75, 3.05) is 25.2 Å². The van der Waals surface area contributed by atoms with E-state index in [9.17, 15) is 9.59 Å². The van der Waals surface area contributed by atoms with E-state index >= 15 is 0 Å². The number of hydrogen-bond acceptors (Lipinski definition) is 6. The molecule has 0 saturated carbocycles. The number of hydrogen-bond donors (Lipinski definition) is 1. The zero-order chi connectivity index (χ0) is 22.0. The Balaban J connectivity index is 1.44. The van der Waals surface area contributed by atoms with Gasteiger partial charge in [0.15, 0.2) is 5.65 Å². The summed E-state index contributed by atoms with van der Waals surface area (Å²) in [4.78, 5) is 30.4. The quantitative estimate of drug-likeness (QED) is 0.468. The first kappa shape index (κ1) is 20.8. The van der Waals surface area contributed by atoms with Gasteiger partial charge in [-0.15, -0.1) is 10.2 Å². The normalized spacial score (nSPS) is 11.1. The number of aryl methyl sites for hydroxylation is 1. The molecule has 4 aromatic rings. The number of carbonyl (C=O) groups excluding carboxylic acids is 2. The van der Waals surface area contributed by atoms with Crippen LogP contribution >= 0.6 is 11.8 Å². The number of fused-ring (bicyclic) bond motifs is 3. The lowest BCUT2D eigenvalue weighted by Gasteiger charge is -2.11. The molecular formula is C22H22N6O2S. The molecule has 0 aliphatic rings. The molecule has 0 atom stereocenters. The fourth-order valence-corrected chi connectivity index (χ4v) is 3.93. The zero-order valence-corrected chi connectivity index (χ0v) is 18.3. The number of anilines is 1. The summed E-state index contributed by atoms with van der Waals surface area (Å²) in [6.07, 6.45) is 0. The van der Waals surface area contributed by atoms with Gasteiger partial charge < -0.3 is 14.8 Å². The van der Waals surface area contributed by atoms with E-state index in [2.05, 4.69) is 32.0 Å². The van der Waals surface area contributed by atoms with Crippen molar-refractivity contribution in [3.05, 3.63) is 54.1 Å². The highest BCUT2D eigenvalue weighted by Crippen LogP contribution is 2.27. The molecular weight excluding hydrogens is 412 g/mol. The summed E-state index contributed by atoms with van der Waals surface area (Å²) in [5, 5.41) is 12.8. The Labute approximate surface area is 183 Å². The molecule has 8 nitrogen and oxygen atoms in total. The number of nitrogens with zero attached hydrogens (tertiary/aromatic N) is 5. The topological polar surface area (TPSA) is 93.0 Å². The summed E-state index contributed by atoms with van der Waals surface area (Å²) >= 11 is 1.23. The molecule has 0 aliphatic carbocycles. The van der Waals surface area contributed by atoms with Crippen molar-refractivity contribution in [1.29, 1.82) is 0 Å². The van der Waals surface area contributed by atoms with E-state index in [1.807, 2.05) is 24.3 Å². The van der Waals surface area contributed by atoms with Crippen LogP contribution in [0, 0.1) is 0 Å². The van der Waals surface area contributed by atoms with Crippen LogP contribution in [0.5, 0.6) is 0 Å². The molecule has 0 aliphatic heterocycles. The molecule has 2 aromatic carbocycles. The first-order valence-corrected chi connectivity index (χ1v) is 10.8. The van der Waals surface area contributed by atoms with Gasteiger partial charge in [0.05, 0.1) is 11.3 Å². The first-order valence-electron chi connectivity index (χ1n) is 9.84. The van der Waals surface area contributed by atoms with E-state index in [-0.39, 0.29) is 17.6 Å². The van der Waals surface area contributed by atoms with Gasteiger partial charge in [-0.1, -0.05) is 30.0 Å². The third-order valence-electron chi connectivity index (χ3n) is 4.82. The van der Waals surface area contributed by atoms with Crippen molar-refractivity contribution in [1.82, 2.24) is 24.6 Å². The number of benzene rings is 2. The van der Waals surface area contributed by atoms with Crippen molar-refractivity contribution < 1.29 is 9.59 Å². The minimum absolute atomic E-state index is 0.0852. The van der Waals surface area contributed by atoms with E-state index < -0.39 is 0 Å². The van der Waals surface area contributed by atoms with Crippen LogP contribution in [0.4, 0.5) is 5.69 Å². The fraction of sp³-hybridized carbons (Fsp3) is 0.227. The lowest BCUT2D eigenvalue weighted by Crippen LogP contribution is -2.21. The summed E-state index contributed by atoms with van der Waals surface area (Å²) in [7, 11) is 3.40. The number of thioether (sulfide) groups is 1. The van der Waals surface area contributed by atoms with Crippen LogP contribution in [0.15, 0.2) is 53.7 Å². The second-order valence-electron chi connectivity index (χ2n) is 7.14. The lowest BCUT2D eigenvalue weighted by molar-refractivity contribution is -0.113. The van der Waals surface area contributed by atoms with Gasteiger partial charge in [-0.3, -0.25) is 9.59 Å². The van der Waals surface area contributed by atoms with Gasteiger partial charge in [-0.25, -0.2) is 4.98 Å². The number of carbonyl (C=O) groups is 2. The predicted octanol–water partition coefficient (Wildman–Crippen LogP) is 3.43. The average Bonchev–Trinajstić information content (AvgIpc) is 3.10. The Kier molecular flexibility index (Phi) is 5.85. The maximum Gasteiger partial charge on any atom is 0.253 e. The van der Waals surface area contributed by atoms with Crippen molar-refractivity contribution in [3.63, 3.8) is 0 Å². The average molecular weight is 435 g/mol. The van der Waals surface area contributed by atoms with Crippen LogP contribution < -0.4 is 5.32 Å². The molecule has 0 unspecified atom stereocenters. The van der Waals surface area contributed by atoms with Gasteiger partial charge in [-0.05, 0) is 37.3 Å². The van der Waals surface area contributed by atoms with Gasteiger partial charge in [0, 0.05) is 37.3 Å². The monoisotopic (exact) mass is 434 g/mol. The maximum atomic E-state index is 12.4. The summed E-state index contributed by atoms with van der Waals surface area (Å²) in [5.41, 5.74) is 3.79. The van der Waals surface area contributed by atoms with Crippen molar-refractivity contribution >= 4 is 51.3 Å². The van der Waals surface area contributed by atoms with E-state index in [0.29, 0.717) is 16.4 Å². The van der Waals surface area contributed by atoms with Gasteiger partial charge in [0.2, 0.25) is 11.1 Å². The molecule has 158 valence electrons. The molecule has 0 fully saturated rings. The fourth-order valence-electron chi connectivity index (χ4n) is 3.35. The predicted molar refractivity (Wildman–Crippen MR) is 122 cm³/mol. The third-order valence-corrected chi connectivity index (χ3v) is 5.66. The first-order chi connectivity index (χ1) is 15.0. The number of nitrogens with one attached hydrogen (secondary N) is 1. The Morgan fingerprint density at radius 3 is 2.52 bits per heavy atom. The highest BCUT2D eigenvalue weighted by atomic mass is 32.2. The second-order valence-corrected chi connectivity index (χ2v) is 8.08. The van der Waals surface area contributed by atoms with E-state index in [4.69, 9.17) is 0 Å². The van der Waals surface area contributed by atoms with Gasteiger partial charge in [0.1, 0.15) is 5.52 Å². The van der Waals surface area contributed by atoms with Crippen molar-refractivity contribution in [2.45, 2.75) is 18.6 Å². The molecule has 0 bridgehead atoms. The molecule has 0 spiro atoms. The minimum Gasteiger partial charge on any atom is -0.345 e. The molecule has 2 aromatic heterocycles. The lowest BCUT2D eigenvalue weighted by atomic mass is 10.2.